The minimum absolute atomic E-state index is 0.0737. The van der Waals surface area contributed by atoms with E-state index in [0.29, 0.717) is 24.5 Å². The molecule has 2 aromatic heterocycles. The standard InChI is InChI=1S/C20H23N5O2/c1-13-18(14(2)25(24-13)17-7-5-4-6-8-17)12-19(26)21-10-9-16-11-20(27)23-15(3)22-16/h4-8,11H,9-10,12H2,1-3H3,(H,21,26)(H,22,23,27). The van der Waals surface area contributed by atoms with Crippen LogP contribution in [-0.2, 0) is 17.6 Å². The molecule has 0 spiro atoms. The van der Waals surface area contributed by atoms with E-state index in [2.05, 4.69) is 20.4 Å². The molecule has 0 radical (unpaired) electrons. The molecule has 0 aliphatic carbocycles. The van der Waals surface area contributed by atoms with Crippen molar-refractivity contribution in [2.75, 3.05) is 6.54 Å². The van der Waals surface area contributed by atoms with Crippen LogP contribution < -0.4 is 10.9 Å². The Kier molecular flexibility index (Phi) is 5.49. The lowest BCUT2D eigenvalue weighted by Gasteiger charge is -2.07. The quantitative estimate of drug-likeness (QED) is 0.696. The zero-order chi connectivity index (χ0) is 19.4. The number of rotatable bonds is 6. The number of H-pyrrole nitrogens is 1. The number of aromatic amines is 1. The van der Waals surface area contributed by atoms with Gasteiger partial charge in [0.1, 0.15) is 5.82 Å². The number of nitrogens with one attached hydrogen (secondary N) is 2. The fourth-order valence-electron chi connectivity index (χ4n) is 3.07. The van der Waals surface area contributed by atoms with Crippen LogP contribution in [0.15, 0.2) is 41.2 Å². The fourth-order valence-corrected chi connectivity index (χ4v) is 3.07. The Morgan fingerprint density at radius 1 is 1.19 bits per heavy atom. The van der Waals surface area contributed by atoms with E-state index in [9.17, 15) is 9.59 Å². The minimum Gasteiger partial charge on any atom is -0.355 e. The highest BCUT2D eigenvalue weighted by atomic mass is 16.1. The maximum Gasteiger partial charge on any atom is 0.251 e. The lowest BCUT2D eigenvalue weighted by Crippen LogP contribution is -2.28. The predicted octanol–water partition coefficient (Wildman–Crippen LogP) is 1.78. The third kappa shape index (κ3) is 4.49. The summed E-state index contributed by atoms with van der Waals surface area (Å²) in [5.41, 5.74) is 4.20. The number of hydrogen-bond acceptors (Lipinski definition) is 4. The van der Waals surface area contributed by atoms with Gasteiger partial charge in [0.25, 0.3) is 5.56 Å². The van der Waals surface area contributed by atoms with Gasteiger partial charge in [0.15, 0.2) is 0 Å². The number of para-hydroxylation sites is 1. The molecule has 7 heteroatoms. The molecule has 0 fully saturated rings. The first-order valence-corrected chi connectivity index (χ1v) is 8.88. The second kappa shape index (κ2) is 7.99. The number of nitrogens with zero attached hydrogens (tertiary/aromatic N) is 3. The average Bonchev–Trinajstić information content (AvgIpc) is 2.90. The number of amides is 1. The van der Waals surface area contributed by atoms with E-state index in [1.54, 1.807) is 6.92 Å². The predicted molar refractivity (Wildman–Crippen MR) is 103 cm³/mol. The normalized spacial score (nSPS) is 10.8. The molecule has 2 N–H and O–H groups in total. The van der Waals surface area contributed by atoms with Gasteiger partial charge in [-0.15, -0.1) is 0 Å². The van der Waals surface area contributed by atoms with Crippen LogP contribution in [0.3, 0.4) is 0 Å². The van der Waals surface area contributed by atoms with Gasteiger partial charge < -0.3 is 10.3 Å². The van der Waals surface area contributed by atoms with Crippen LogP contribution in [0.2, 0.25) is 0 Å². The van der Waals surface area contributed by atoms with Crippen molar-refractivity contribution in [3.8, 4) is 5.69 Å². The molecule has 1 amide bonds. The highest BCUT2D eigenvalue weighted by Crippen LogP contribution is 2.18. The number of carbonyl (C=O) groups excluding carboxylic acids is 1. The molecule has 0 aliphatic rings. The molecule has 0 atom stereocenters. The lowest BCUT2D eigenvalue weighted by molar-refractivity contribution is -0.120. The third-order valence-corrected chi connectivity index (χ3v) is 4.40. The van der Waals surface area contributed by atoms with Gasteiger partial charge >= 0.3 is 0 Å². The van der Waals surface area contributed by atoms with E-state index in [0.717, 1.165) is 22.6 Å². The number of aryl methyl sites for hydroxylation is 2. The molecule has 0 unspecified atom stereocenters. The summed E-state index contributed by atoms with van der Waals surface area (Å²) in [6.07, 6.45) is 0.782. The Labute approximate surface area is 157 Å². The molecule has 27 heavy (non-hydrogen) atoms. The van der Waals surface area contributed by atoms with Gasteiger partial charge in [0.05, 0.1) is 17.8 Å². The van der Waals surface area contributed by atoms with Crippen LogP contribution in [-0.4, -0.2) is 32.2 Å². The summed E-state index contributed by atoms with van der Waals surface area (Å²) in [4.78, 5) is 30.7. The summed E-state index contributed by atoms with van der Waals surface area (Å²) in [6.45, 7) is 6.05. The molecule has 0 aliphatic heterocycles. The van der Waals surface area contributed by atoms with Gasteiger partial charge in [-0.2, -0.15) is 5.10 Å². The lowest BCUT2D eigenvalue weighted by atomic mass is 10.1. The van der Waals surface area contributed by atoms with Crippen molar-refractivity contribution >= 4 is 5.91 Å². The SMILES string of the molecule is Cc1nc(CCNC(=O)Cc2c(C)nn(-c3ccccc3)c2C)cc(=O)[nH]1. The zero-order valence-electron chi connectivity index (χ0n) is 15.7. The molecule has 3 aromatic rings. The topological polar surface area (TPSA) is 92.7 Å². The second-order valence-electron chi connectivity index (χ2n) is 6.50. The molecule has 0 saturated heterocycles. The van der Waals surface area contributed by atoms with Crippen molar-refractivity contribution in [1.82, 2.24) is 25.1 Å². The number of benzene rings is 1. The van der Waals surface area contributed by atoms with Crippen LogP contribution in [0.5, 0.6) is 0 Å². The van der Waals surface area contributed by atoms with Crippen molar-refractivity contribution in [3.05, 3.63) is 75.2 Å². The van der Waals surface area contributed by atoms with Crippen LogP contribution in [0.25, 0.3) is 5.69 Å². The Morgan fingerprint density at radius 2 is 1.93 bits per heavy atom. The van der Waals surface area contributed by atoms with Gasteiger partial charge in [-0.05, 0) is 32.9 Å². The van der Waals surface area contributed by atoms with Crippen LogP contribution in [0, 0.1) is 20.8 Å². The smallest absolute Gasteiger partial charge is 0.251 e. The summed E-state index contributed by atoms with van der Waals surface area (Å²) in [7, 11) is 0. The molecule has 1 aromatic carbocycles. The number of carbonyl (C=O) groups is 1. The summed E-state index contributed by atoms with van der Waals surface area (Å²) in [5.74, 6) is 0.499. The van der Waals surface area contributed by atoms with Gasteiger partial charge in [-0.1, -0.05) is 18.2 Å². The maximum atomic E-state index is 12.4. The number of aromatic nitrogens is 4. The Balaban J connectivity index is 1.63. The molecule has 3 rings (SSSR count). The molecule has 7 nitrogen and oxygen atoms in total. The first-order valence-electron chi connectivity index (χ1n) is 8.88. The van der Waals surface area contributed by atoms with Gasteiger partial charge in [-0.25, -0.2) is 9.67 Å². The first kappa shape index (κ1) is 18.6. The van der Waals surface area contributed by atoms with E-state index >= 15 is 0 Å². The highest BCUT2D eigenvalue weighted by Gasteiger charge is 2.15. The van der Waals surface area contributed by atoms with E-state index in [1.807, 2.05) is 48.9 Å². The highest BCUT2D eigenvalue weighted by molar-refractivity contribution is 5.79. The fraction of sp³-hybridized carbons (Fsp3) is 0.300. The van der Waals surface area contributed by atoms with Gasteiger partial charge in [0, 0.05) is 36.0 Å². The molecular formula is C20H23N5O2. The summed E-state index contributed by atoms with van der Waals surface area (Å²) in [5, 5.41) is 7.46. The Hall–Kier alpha value is -3.22. The maximum absolute atomic E-state index is 12.4. The summed E-state index contributed by atoms with van der Waals surface area (Å²) < 4.78 is 1.86. The third-order valence-electron chi connectivity index (χ3n) is 4.40. The Bertz CT molecular complexity index is 1000. The molecule has 140 valence electrons. The molecule has 0 bridgehead atoms. The van der Waals surface area contributed by atoms with E-state index in [-0.39, 0.29) is 17.9 Å². The van der Waals surface area contributed by atoms with E-state index < -0.39 is 0 Å². The van der Waals surface area contributed by atoms with Crippen molar-refractivity contribution < 1.29 is 4.79 Å². The van der Waals surface area contributed by atoms with Crippen LogP contribution in [0.1, 0.15) is 28.5 Å². The Morgan fingerprint density at radius 3 is 2.63 bits per heavy atom. The van der Waals surface area contributed by atoms with Crippen molar-refractivity contribution in [2.24, 2.45) is 0 Å². The largest absolute Gasteiger partial charge is 0.355 e. The van der Waals surface area contributed by atoms with Gasteiger partial charge in [0.2, 0.25) is 5.91 Å². The molecule has 2 heterocycles. The van der Waals surface area contributed by atoms with Crippen molar-refractivity contribution in [2.45, 2.75) is 33.6 Å². The zero-order valence-corrected chi connectivity index (χ0v) is 15.7. The van der Waals surface area contributed by atoms with Crippen molar-refractivity contribution in [3.63, 3.8) is 0 Å². The van der Waals surface area contributed by atoms with Crippen molar-refractivity contribution in [1.29, 1.82) is 0 Å². The second-order valence-corrected chi connectivity index (χ2v) is 6.50. The molecule has 0 saturated carbocycles. The first-order chi connectivity index (χ1) is 12.9. The summed E-state index contributed by atoms with van der Waals surface area (Å²) in [6, 6.07) is 11.3. The van der Waals surface area contributed by atoms with E-state index in [1.165, 1.54) is 6.07 Å². The minimum atomic E-state index is -0.177. The molecular weight excluding hydrogens is 342 g/mol. The van der Waals surface area contributed by atoms with Crippen LogP contribution in [0.4, 0.5) is 0 Å². The van der Waals surface area contributed by atoms with Crippen LogP contribution >= 0.6 is 0 Å². The average molecular weight is 365 g/mol. The van der Waals surface area contributed by atoms with Gasteiger partial charge in [-0.3, -0.25) is 9.59 Å². The van der Waals surface area contributed by atoms with E-state index in [4.69, 9.17) is 0 Å². The summed E-state index contributed by atoms with van der Waals surface area (Å²) >= 11 is 0. The monoisotopic (exact) mass is 365 g/mol. The number of hydrogen-bond donors (Lipinski definition) is 2.